The molecule has 1 unspecified atom stereocenters. The average Bonchev–Trinajstić information content (AvgIpc) is 3.06. The number of benzene rings is 1. The number of nitrogens with one attached hydrogen (secondary N) is 1. The number of hydrogen-bond acceptors (Lipinski definition) is 6. The summed E-state index contributed by atoms with van der Waals surface area (Å²) in [5.41, 5.74) is 1.02. The van der Waals surface area contributed by atoms with Gasteiger partial charge in [0.2, 0.25) is 5.89 Å². The average molecular weight is 393 g/mol. The molecule has 0 radical (unpaired) electrons. The smallest absolute Gasteiger partial charge is 0.413 e. The second-order valence-electron chi connectivity index (χ2n) is 5.26. The van der Waals surface area contributed by atoms with Gasteiger partial charge < -0.3 is 13.7 Å². The van der Waals surface area contributed by atoms with E-state index in [1.54, 1.807) is 19.1 Å². The maximum Gasteiger partial charge on any atom is 0.470 e. The van der Waals surface area contributed by atoms with Crippen molar-refractivity contribution in [2.75, 3.05) is 26.9 Å². The van der Waals surface area contributed by atoms with Gasteiger partial charge in [0.1, 0.15) is 0 Å². The molecule has 0 aliphatic rings. The molecular formula is C15H19F3N3O4P. The molecule has 0 fully saturated rings. The first-order valence-electron chi connectivity index (χ1n) is 7.75. The molecule has 0 aliphatic heterocycles. The number of halogens is 3. The highest BCUT2D eigenvalue weighted by Crippen LogP contribution is 2.45. The van der Waals surface area contributed by atoms with Crippen molar-refractivity contribution in [3.8, 4) is 11.5 Å². The van der Waals surface area contributed by atoms with Crippen LogP contribution in [0.5, 0.6) is 0 Å². The Labute approximate surface area is 148 Å². The van der Waals surface area contributed by atoms with Crippen LogP contribution in [0.25, 0.3) is 11.5 Å². The van der Waals surface area contributed by atoms with Crippen LogP contribution in [0.2, 0.25) is 0 Å². The Morgan fingerprint density at radius 1 is 1.23 bits per heavy atom. The van der Waals surface area contributed by atoms with E-state index < -0.39 is 19.6 Å². The van der Waals surface area contributed by atoms with Crippen LogP contribution in [-0.2, 0) is 26.2 Å². The van der Waals surface area contributed by atoms with Gasteiger partial charge in [-0.25, -0.2) is 5.09 Å². The normalized spacial score (nSPS) is 14.3. The lowest BCUT2D eigenvalue weighted by atomic mass is 10.1. The van der Waals surface area contributed by atoms with Gasteiger partial charge in [-0.3, -0.25) is 4.57 Å². The van der Waals surface area contributed by atoms with Crippen molar-refractivity contribution in [2.45, 2.75) is 19.3 Å². The van der Waals surface area contributed by atoms with Gasteiger partial charge in [0.15, 0.2) is 0 Å². The monoisotopic (exact) mass is 393 g/mol. The summed E-state index contributed by atoms with van der Waals surface area (Å²) in [6, 6.07) is 6.29. The van der Waals surface area contributed by atoms with Gasteiger partial charge >= 0.3 is 12.1 Å². The third-order valence-corrected chi connectivity index (χ3v) is 5.42. The van der Waals surface area contributed by atoms with Crippen LogP contribution in [0, 0.1) is 0 Å². The second-order valence-corrected chi connectivity index (χ2v) is 7.49. The lowest BCUT2D eigenvalue weighted by Gasteiger charge is -2.19. The van der Waals surface area contributed by atoms with E-state index in [4.69, 9.17) is 9.26 Å². The van der Waals surface area contributed by atoms with Crippen molar-refractivity contribution >= 4 is 7.52 Å². The SMILES string of the molecule is CCOP(=O)(Cc1ccc(-c2nnc(C(F)(F)F)o2)cc1)NCCOC. The number of nitrogens with zero attached hydrogens (tertiary/aromatic N) is 2. The van der Waals surface area contributed by atoms with Crippen molar-refractivity contribution in [3.63, 3.8) is 0 Å². The molecular weight excluding hydrogens is 374 g/mol. The van der Waals surface area contributed by atoms with E-state index in [0.29, 0.717) is 24.3 Å². The van der Waals surface area contributed by atoms with E-state index in [9.17, 15) is 17.7 Å². The number of rotatable bonds is 9. The van der Waals surface area contributed by atoms with Gasteiger partial charge in [0.25, 0.3) is 7.52 Å². The molecule has 1 atom stereocenters. The number of hydrogen-bond donors (Lipinski definition) is 1. The first-order valence-corrected chi connectivity index (χ1v) is 9.56. The van der Waals surface area contributed by atoms with Gasteiger partial charge in [-0.05, 0) is 24.6 Å². The van der Waals surface area contributed by atoms with E-state index in [-0.39, 0.29) is 18.7 Å². The van der Waals surface area contributed by atoms with E-state index >= 15 is 0 Å². The fraction of sp³-hybridized carbons (Fsp3) is 0.467. The van der Waals surface area contributed by atoms with E-state index in [1.165, 1.54) is 19.2 Å². The molecule has 26 heavy (non-hydrogen) atoms. The summed E-state index contributed by atoms with van der Waals surface area (Å²) in [5.74, 6) is -1.64. The highest BCUT2D eigenvalue weighted by molar-refractivity contribution is 7.56. The molecule has 7 nitrogen and oxygen atoms in total. The molecule has 1 N–H and O–H groups in total. The predicted molar refractivity (Wildman–Crippen MR) is 87.6 cm³/mol. The van der Waals surface area contributed by atoms with Gasteiger partial charge in [-0.1, -0.05) is 12.1 Å². The third-order valence-electron chi connectivity index (χ3n) is 3.26. The molecule has 2 rings (SSSR count). The molecule has 0 bridgehead atoms. The predicted octanol–water partition coefficient (Wildman–Crippen LogP) is 3.72. The second kappa shape index (κ2) is 8.77. The molecule has 1 heterocycles. The number of aromatic nitrogens is 2. The molecule has 0 saturated heterocycles. The van der Waals surface area contributed by atoms with Crippen molar-refractivity contribution < 1.29 is 31.4 Å². The first-order chi connectivity index (χ1) is 12.3. The van der Waals surface area contributed by atoms with Gasteiger partial charge in [-0.2, -0.15) is 13.2 Å². The summed E-state index contributed by atoms with van der Waals surface area (Å²) in [7, 11) is -1.57. The molecule has 2 aromatic rings. The molecule has 0 saturated carbocycles. The quantitative estimate of drug-likeness (QED) is 0.513. The molecule has 144 valence electrons. The number of methoxy groups -OCH3 is 1. The minimum absolute atomic E-state index is 0.127. The molecule has 0 spiro atoms. The lowest BCUT2D eigenvalue weighted by Crippen LogP contribution is -2.19. The summed E-state index contributed by atoms with van der Waals surface area (Å²) in [5, 5.41) is 9.23. The summed E-state index contributed by atoms with van der Waals surface area (Å²) in [6.45, 7) is 2.77. The van der Waals surface area contributed by atoms with Crippen LogP contribution in [0.15, 0.2) is 28.7 Å². The third kappa shape index (κ3) is 5.63. The van der Waals surface area contributed by atoms with E-state index in [1.807, 2.05) is 0 Å². The Bertz CT molecular complexity index is 749. The minimum Gasteiger partial charge on any atom is -0.413 e. The van der Waals surface area contributed by atoms with Crippen LogP contribution in [-0.4, -0.2) is 37.1 Å². The molecule has 1 aromatic heterocycles. The first kappa shape index (κ1) is 20.6. The van der Waals surface area contributed by atoms with Gasteiger partial charge in [0.05, 0.1) is 19.4 Å². The Morgan fingerprint density at radius 2 is 1.92 bits per heavy atom. The number of ether oxygens (including phenoxy) is 1. The van der Waals surface area contributed by atoms with Crippen molar-refractivity contribution in [1.29, 1.82) is 0 Å². The van der Waals surface area contributed by atoms with E-state index in [2.05, 4.69) is 19.7 Å². The summed E-state index contributed by atoms with van der Waals surface area (Å²) < 4.78 is 65.2. The van der Waals surface area contributed by atoms with E-state index in [0.717, 1.165) is 0 Å². The molecule has 1 aromatic carbocycles. The van der Waals surface area contributed by atoms with Crippen molar-refractivity contribution in [3.05, 3.63) is 35.7 Å². The largest absolute Gasteiger partial charge is 0.470 e. The van der Waals surface area contributed by atoms with Gasteiger partial charge in [0, 0.05) is 19.2 Å². The molecule has 0 amide bonds. The highest BCUT2D eigenvalue weighted by atomic mass is 31.2. The Kier molecular flexibility index (Phi) is 6.94. The Hall–Kier alpha value is -1.74. The Balaban J connectivity index is 2.10. The molecule has 0 aliphatic carbocycles. The molecule has 11 heteroatoms. The zero-order valence-electron chi connectivity index (χ0n) is 14.2. The van der Waals surface area contributed by atoms with Crippen LogP contribution < -0.4 is 5.09 Å². The van der Waals surface area contributed by atoms with Crippen LogP contribution in [0.4, 0.5) is 13.2 Å². The lowest BCUT2D eigenvalue weighted by molar-refractivity contribution is -0.156. The standard InChI is InChI=1S/C15H19F3N3O4P/c1-3-24-26(22,19-8-9-23-2)10-11-4-6-12(7-5-11)13-20-21-14(25-13)15(16,17)18/h4-7H,3,8-10H2,1-2H3,(H,19,22). The summed E-state index contributed by atoms with van der Waals surface area (Å²) in [4.78, 5) is 0. The fourth-order valence-electron chi connectivity index (χ4n) is 2.12. The van der Waals surface area contributed by atoms with Crippen LogP contribution in [0.3, 0.4) is 0 Å². The highest BCUT2D eigenvalue weighted by Gasteiger charge is 2.38. The zero-order chi connectivity index (χ0) is 19.2. The zero-order valence-corrected chi connectivity index (χ0v) is 15.1. The maximum atomic E-state index is 12.8. The fourth-order valence-corrected chi connectivity index (χ4v) is 3.96. The maximum absolute atomic E-state index is 12.8. The van der Waals surface area contributed by atoms with Gasteiger partial charge in [-0.15, -0.1) is 10.2 Å². The van der Waals surface area contributed by atoms with Crippen molar-refractivity contribution in [1.82, 2.24) is 15.3 Å². The van der Waals surface area contributed by atoms with Crippen LogP contribution >= 0.6 is 7.52 Å². The number of alkyl halides is 3. The topological polar surface area (TPSA) is 86.5 Å². The Morgan fingerprint density at radius 3 is 2.46 bits per heavy atom. The summed E-state index contributed by atoms with van der Waals surface area (Å²) >= 11 is 0. The minimum atomic E-state index is -4.69. The van der Waals surface area contributed by atoms with Crippen molar-refractivity contribution in [2.24, 2.45) is 0 Å². The summed E-state index contributed by atoms with van der Waals surface area (Å²) in [6.07, 6.45) is -4.56. The van der Waals surface area contributed by atoms with Crippen LogP contribution in [0.1, 0.15) is 18.4 Å².